The van der Waals surface area contributed by atoms with Gasteiger partial charge in [0, 0.05) is 75.0 Å². The Morgan fingerprint density at radius 2 is 1.87 bits per heavy atom. The summed E-state index contributed by atoms with van der Waals surface area (Å²) in [4.78, 5) is 28.5. The zero-order valence-corrected chi connectivity index (χ0v) is 27.1. The van der Waals surface area contributed by atoms with Crippen molar-refractivity contribution in [1.82, 2.24) is 28.2 Å². The molecule has 45 heavy (non-hydrogen) atoms. The number of carbonyl (C=O) groups is 2. The minimum absolute atomic E-state index is 0.0590. The summed E-state index contributed by atoms with van der Waals surface area (Å²) in [6.07, 6.45) is 0.232. The highest BCUT2D eigenvalue weighted by Crippen LogP contribution is 2.37. The Labute approximate surface area is 266 Å². The van der Waals surface area contributed by atoms with E-state index >= 15 is 0 Å². The lowest BCUT2D eigenvalue weighted by molar-refractivity contribution is -0.138. The molecule has 2 saturated heterocycles. The van der Waals surface area contributed by atoms with Crippen LogP contribution >= 0.6 is 12.8 Å². The number of thiol groups is 1. The molecule has 1 aromatic carbocycles. The number of sulfonamides is 1. The Balaban J connectivity index is 1.37. The zero-order chi connectivity index (χ0) is 32.5. The first-order valence-electron chi connectivity index (χ1n) is 15.1. The first-order valence-corrected chi connectivity index (χ1v) is 17.3. The van der Waals surface area contributed by atoms with Crippen LogP contribution in [0.4, 0.5) is 18.0 Å². The number of rotatable bonds is 9. The molecule has 16 heteroatoms. The van der Waals surface area contributed by atoms with Gasteiger partial charge in [0.05, 0.1) is 31.2 Å². The van der Waals surface area contributed by atoms with Crippen LogP contribution in [0, 0.1) is 0 Å². The Morgan fingerprint density at radius 3 is 2.49 bits per heavy atom. The summed E-state index contributed by atoms with van der Waals surface area (Å²) in [5, 5.41) is 4.82. The first-order chi connectivity index (χ1) is 21.3. The van der Waals surface area contributed by atoms with Crippen molar-refractivity contribution in [1.29, 1.82) is 0 Å². The number of benzene rings is 1. The lowest BCUT2D eigenvalue weighted by Crippen LogP contribution is -2.45. The predicted molar refractivity (Wildman–Crippen MR) is 164 cm³/mol. The van der Waals surface area contributed by atoms with Crippen LogP contribution in [0.3, 0.4) is 0 Å². The molecule has 1 aromatic heterocycles. The fourth-order valence-electron chi connectivity index (χ4n) is 6.60. The molecule has 4 heterocycles. The van der Waals surface area contributed by atoms with Crippen molar-refractivity contribution in [3.63, 3.8) is 0 Å². The molecule has 2 aromatic rings. The number of nitrogens with zero attached hydrogens (tertiary/aromatic N) is 6. The molecule has 0 N–H and O–H groups in total. The van der Waals surface area contributed by atoms with E-state index in [0.717, 1.165) is 81.3 Å². The normalized spacial score (nSPS) is 18.8. The van der Waals surface area contributed by atoms with Crippen LogP contribution < -0.4 is 0 Å². The Morgan fingerprint density at radius 1 is 1.13 bits per heavy atom. The van der Waals surface area contributed by atoms with Crippen molar-refractivity contribution in [3.8, 4) is 11.3 Å². The second-order valence-electron chi connectivity index (χ2n) is 11.9. The summed E-state index contributed by atoms with van der Waals surface area (Å²) >= 11 is 4.00. The van der Waals surface area contributed by atoms with Crippen LogP contribution in [-0.4, -0.2) is 101 Å². The minimum atomic E-state index is -4.68. The standard InChI is InChI=1S/C29H39F3N6O5S2/c1-43-28(40)38(44)18-21-17-20(6-7-24(21)29(30,31)32)27-23-19-35(45(2,41)42)16-10-25(23)37(33-27)13-4-11-34-14-8-22(9-15-34)36-12-3-5-26(36)39/h6-7,17,22,44H,3-5,8-16,18-19H2,1-2H3. The molecule has 0 saturated carbocycles. The van der Waals surface area contributed by atoms with Crippen molar-refractivity contribution in [2.24, 2.45) is 0 Å². The second kappa shape index (κ2) is 13.5. The van der Waals surface area contributed by atoms with Gasteiger partial charge >= 0.3 is 12.3 Å². The van der Waals surface area contributed by atoms with Gasteiger partial charge in [0.1, 0.15) is 0 Å². The number of aryl methyl sites for hydroxylation is 1. The summed E-state index contributed by atoms with van der Waals surface area (Å²) in [5.74, 6) is 0.258. The van der Waals surface area contributed by atoms with Crippen molar-refractivity contribution in [3.05, 3.63) is 40.6 Å². The molecule has 248 valence electrons. The number of fused-ring (bicyclic) bond motifs is 1. The van der Waals surface area contributed by atoms with Gasteiger partial charge in [0.2, 0.25) is 15.9 Å². The van der Waals surface area contributed by atoms with Crippen LogP contribution in [0.25, 0.3) is 11.3 Å². The van der Waals surface area contributed by atoms with Gasteiger partial charge in [0.15, 0.2) is 0 Å². The van der Waals surface area contributed by atoms with Crippen molar-refractivity contribution in [2.45, 2.75) is 70.4 Å². The molecule has 0 spiro atoms. The van der Waals surface area contributed by atoms with E-state index in [2.05, 4.69) is 22.5 Å². The largest absolute Gasteiger partial charge is 0.452 e. The van der Waals surface area contributed by atoms with Gasteiger partial charge in [0.25, 0.3) is 0 Å². The summed E-state index contributed by atoms with van der Waals surface area (Å²) in [7, 11) is -2.41. The number of hydrogen-bond donors (Lipinski definition) is 1. The van der Waals surface area contributed by atoms with Gasteiger partial charge in [-0.15, -0.1) is 0 Å². The van der Waals surface area contributed by atoms with E-state index in [1.807, 2.05) is 9.58 Å². The van der Waals surface area contributed by atoms with Crippen LogP contribution in [-0.2, 0) is 51.8 Å². The van der Waals surface area contributed by atoms with Gasteiger partial charge in [-0.05, 0) is 49.9 Å². The highest BCUT2D eigenvalue weighted by Gasteiger charge is 2.36. The molecule has 3 aliphatic heterocycles. The molecule has 0 radical (unpaired) electrons. The SMILES string of the molecule is COC(=O)N(S)Cc1cc(-c2nn(CCCN3CCC(N4CCCC4=O)CC3)c3c2CN(S(C)(=O)=O)CC3)ccc1C(F)(F)F. The molecule has 2 amide bonds. The summed E-state index contributed by atoms with van der Waals surface area (Å²) in [6, 6.07) is 3.92. The molecule has 3 aliphatic rings. The molecule has 2 fully saturated rings. The maximum absolute atomic E-state index is 13.9. The molecule has 0 aliphatic carbocycles. The lowest BCUT2D eigenvalue weighted by atomic mass is 9.97. The molecule has 0 bridgehead atoms. The van der Waals surface area contributed by atoms with E-state index in [1.165, 1.54) is 16.4 Å². The number of likely N-dealkylation sites (tertiary alicyclic amines) is 2. The van der Waals surface area contributed by atoms with Crippen molar-refractivity contribution < 1.29 is 35.9 Å². The van der Waals surface area contributed by atoms with Gasteiger partial charge in [-0.2, -0.15) is 22.6 Å². The molecule has 11 nitrogen and oxygen atoms in total. The lowest BCUT2D eigenvalue weighted by Gasteiger charge is -2.36. The second-order valence-corrected chi connectivity index (χ2v) is 14.3. The zero-order valence-electron chi connectivity index (χ0n) is 25.4. The third-order valence-corrected chi connectivity index (χ3v) is 10.5. The third-order valence-electron chi connectivity index (χ3n) is 8.91. The molecule has 5 rings (SSSR count). The summed E-state index contributed by atoms with van der Waals surface area (Å²) in [5.41, 5.74) is 1.20. The summed E-state index contributed by atoms with van der Waals surface area (Å²) < 4.78 is 75.1. The van der Waals surface area contributed by atoms with E-state index in [0.29, 0.717) is 42.2 Å². The highest BCUT2D eigenvalue weighted by molar-refractivity contribution is 7.88. The number of ether oxygens (including phenoxy) is 1. The molecular formula is C29H39F3N6O5S2. The highest BCUT2D eigenvalue weighted by atomic mass is 32.2. The number of halogens is 3. The van der Waals surface area contributed by atoms with Crippen LogP contribution in [0.2, 0.25) is 0 Å². The van der Waals surface area contributed by atoms with Crippen LogP contribution in [0.1, 0.15) is 54.5 Å². The predicted octanol–water partition coefficient (Wildman–Crippen LogP) is 3.78. The average Bonchev–Trinajstić information content (AvgIpc) is 3.59. The third kappa shape index (κ3) is 7.60. The van der Waals surface area contributed by atoms with Crippen LogP contribution in [0.15, 0.2) is 18.2 Å². The molecule has 0 unspecified atom stereocenters. The monoisotopic (exact) mass is 672 g/mol. The smallest absolute Gasteiger partial charge is 0.419 e. The maximum Gasteiger partial charge on any atom is 0.419 e. The number of methoxy groups -OCH3 is 1. The topological polar surface area (TPSA) is 108 Å². The van der Waals surface area contributed by atoms with E-state index in [-0.39, 0.29) is 24.6 Å². The number of alkyl halides is 3. The van der Waals surface area contributed by atoms with Gasteiger partial charge < -0.3 is 14.5 Å². The summed E-state index contributed by atoms with van der Waals surface area (Å²) in [6.45, 7) is 3.92. The number of piperidine rings is 1. The fraction of sp³-hybridized carbons (Fsp3) is 0.621. The van der Waals surface area contributed by atoms with E-state index in [9.17, 15) is 31.2 Å². The van der Waals surface area contributed by atoms with E-state index in [4.69, 9.17) is 5.10 Å². The van der Waals surface area contributed by atoms with E-state index < -0.39 is 34.4 Å². The number of hydrogen-bond acceptors (Lipinski definition) is 8. The van der Waals surface area contributed by atoms with Gasteiger partial charge in [-0.3, -0.25) is 9.48 Å². The minimum Gasteiger partial charge on any atom is -0.452 e. The Bertz CT molecular complexity index is 1520. The van der Waals surface area contributed by atoms with Crippen molar-refractivity contribution in [2.75, 3.05) is 46.1 Å². The number of amides is 2. The number of carbonyl (C=O) groups excluding carboxylic acids is 2. The Hall–Kier alpha value is -2.82. The Kier molecular flexibility index (Phi) is 10.1. The molecular weight excluding hydrogens is 633 g/mol. The van der Waals surface area contributed by atoms with Gasteiger partial charge in [-0.25, -0.2) is 17.5 Å². The average molecular weight is 673 g/mol. The van der Waals surface area contributed by atoms with Crippen LogP contribution in [0.5, 0.6) is 0 Å². The quantitative estimate of drug-likeness (QED) is 0.404. The van der Waals surface area contributed by atoms with Crippen molar-refractivity contribution >= 4 is 34.8 Å². The molecule has 0 atom stereocenters. The maximum atomic E-state index is 13.9. The first kappa shape index (κ1) is 33.5. The number of aromatic nitrogens is 2. The van der Waals surface area contributed by atoms with E-state index in [1.54, 1.807) is 0 Å². The van der Waals surface area contributed by atoms with Gasteiger partial charge in [-0.1, -0.05) is 18.9 Å². The fourth-order valence-corrected chi connectivity index (χ4v) is 7.62.